The standard InChI is InChI=1S/C16H28N6O2/c1-6-7-17-15(24)19-12-9-11(16(3,4)5)21-22(12)14-18-10(2)8-13(23)20-14/h9-10,14,18H,6-8H2,1-5H3,(H,20,23)(H2,17,19,24). The lowest BCUT2D eigenvalue weighted by Gasteiger charge is -2.30. The molecular weight excluding hydrogens is 308 g/mol. The normalized spacial score (nSPS) is 21.3. The zero-order chi connectivity index (χ0) is 17.9. The largest absolute Gasteiger partial charge is 0.338 e. The number of hydrogen-bond donors (Lipinski definition) is 4. The van der Waals surface area contributed by atoms with Gasteiger partial charge in [-0.05, 0) is 13.3 Å². The molecule has 0 bridgehead atoms. The highest BCUT2D eigenvalue weighted by Gasteiger charge is 2.29. The van der Waals surface area contributed by atoms with Crippen LogP contribution in [0.5, 0.6) is 0 Å². The van der Waals surface area contributed by atoms with E-state index in [1.165, 1.54) is 0 Å². The summed E-state index contributed by atoms with van der Waals surface area (Å²) in [5.41, 5.74) is 0.661. The second-order valence-corrected chi connectivity index (χ2v) is 7.23. The summed E-state index contributed by atoms with van der Waals surface area (Å²) < 4.78 is 1.62. The van der Waals surface area contributed by atoms with Crippen LogP contribution in [0.15, 0.2) is 6.07 Å². The van der Waals surface area contributed by atoms with Gasteiger partial charge in [-0.1, -0.05) is 27.7 Å². The van der Waals surface area contributed by atoms with Gasteiger partial charge in [-0.2, -0.15) is 5.10 Å². The number of urea groups is 1. The fourth-order valence-corrected chi connectivity index (χ4v) is 2.44. The van der Waals surface area contributed by atoms with Crippen molar-refractivity contribution in [1.82, 2.24) is 25.7 Å². The molecule has 1 aromatic rings. The van der Waals surface area contributed by atoms with Crippen molar-refractivity contribution in [2.24, 2.45) is 0 Å². The van der Waals surface area contributed by atoms with E-state index in [0.29, 0.717) is 18.8 Å². The summed E-state index contributed by atoms with van der Waals surface area (Å²) in [6, 6.07) is 1.60. The van der Waals surface area contributed by atoms with E-state index < -0.39 is 6.29 Å². The third-order valence-electron chi connectivity index (χ3n) is 3.76. The molecule has 2 atom stereocenters. The lowest BCUT2D eigenvalue weighted by atomic mass is 9.92. The Kier molecular flexibility index (Phi) is 5.48. The minimum absolute atomic E-state index is 0.0350. The van der Waals surface area contributed by atoms with Crippen LogP contribution in [-0.4, -0.2) is 34.3 Å². The number of anilines is 1. The lowest BCUT2D eigenvalue weighted by Crippen LogP contribution is -2.52. The van der Waals surface area contributed by atoms with Crippen molar-refractivity contribution in [1.29, 1.82) is 0 Å². The van der Waals surface area contributed by atoms with Crippen LogP contribution in [0.2, 0.25) is 0 Å². The molecule has 1 saturated heterocycles. The van der Waals surface area contributed by atoms with Crippen molar-refractivity contribution in [2.75, 3.05) is 11.9 Å². The molecule has 2 heterocycles. The Hall–Kier alpha value is -2.09. The molecule has 1 aliphatic rings. The highest BCUT2D eigenvalue weighted by atomic mass is 16.2. The summed E-state index contributed by atoms with van der Waals surface area (Å²) in [5, 5.41) is 16.4. The lowest BCUT2D eigenvalue weighted by molar-refractivity contribution is -0.125. The molecule has 2 unspecified atom stereocenters. The minimum atomic E-state index is -0.487. The summed E-state index contributed by atoms with van der Waals surface area (Å²) in [6.45, 7) is 10.7. The maximum atomic E-state index is 12.0. The molecule has 0 spiro atoms. The first-order chi connectivity index (χ1) is 11.2. The van der Waals surface area contributed by atoms with E-state index in [0.717, 1.165) is 12.1 Å². The van der Waals surface area contributed by atoms with E-state index in [1.807, 2.05) is 19.9 Å². The Morgan fingerprint density at radius 3 is 2.75 bits per heavy atom. The van der Waals surface area contributed by atoms with Crippen LogP contribution < -0.4 is 21.3 Å². The van der Waals surface area contributed by atoms with Gasteiger partial charge in [0.15, 0.2) is 6.29 Å². The van der Waals surface area contributed by atoms with Crippen molar-refractivity contribution in [2.45, 2.75) is 65.2 Å². The fourth-order valence-electron chi connectivity index (χ4n) is 2.44. The van der Waals surface area contributed by atoms with Gasteiger partial charge < -0.3 is 10.6 Å². The van der Waals surface area contributed by atoms with Gasteiger partial charge in [0.2, 0.25) is 5.91 Å². The van der Waals surface area contributed by atoms with Gasteiger partial charge in [0.25, 0.3) is 0 Å². The Bertz CT molecular complexity index is 604. The predicted octanol–water partition coefficient (Wildman–Crippen LogP) is 1.67. The average Bonchev–Trinajstić information content (AvgIpc) is 2.88. The molecule has 134 valence electrons. The number of nitrogens with one attached hydrogen (secondary N) is 4. The van der Waals surface area contributed by atoms with Crippen molar-refractivity contribution in [3.8, 4) is 0 Å². The highest BCUT2D eigenvalue weighted by molar-refractivity contribution is 5.88. The maximum Gasteiger partial charge on any atom is 0.320 e. The number of aromatic nitrogens is 2. The number of carbonyl (C=O) groups excluding carboxylic acids is 2. The van der Waals surface area contributed by atoms with Crippen molar-refractivity contribution >= 4 is 17.8 Å². The molecule has 0 aromatic carbocycles. The molecule has 1 aromatic heterocycles. The van der Waals surface area contributed by atoms with Crippen LogP contribution >= 0.6 is 0 Å². The highest BCUT2D eigenvalue weighted by Crippen LogP contribution is 2.26. The molecule has 0 radical (unpaired) electrons. The van der Waals surface area contributed by atoms with E-state index in [4.69, 9.17) is 0 Å². The number of carbonyl (C=O) groups is 2. The average molecular weight is 336 g/mol. The molecule has 8 heteroatoms. The molecule has 0 aliphatic carbocycles. The zero-order valence-electron chi connectivity index (χ0n) is 15.1. The summed E-state index contributed by atoms with van der Waals surface area (Å²) in [5.74, 6) is 0.501. The van der Waals surface area contributed by atoms with Crippen LogP contribution in [0, 0.1) is 0 Å². The Morgan fingerprint density at radius 2 is 2.17 bits per heavy atom. The van der Waals surface area contributed by atoms with Crippen LogP contribution in [0.25, 0.3) is 0 Å². The van der Waals surface area contributed by atoms with Crippen molar-refractivity contribution < 1.29 is 9.59 Å². The number of rotatable bonds is 4. The topological polar surface area (TPSA) is 100 Å². The van der Waals surface area contributed by atoms with E-state index in [-0.39, 0.29) is 23.4 Å². The number of nitrogens with zero attached hydrogens (tertiary/aromatic N) is 2. The van der Waals surface area contributed by atoms with Crippen LogP contribution in [0.4, 0.5) is 10.6 Å². The van der Waals surface area contributed by atoms with Crippen LogP contribution in [0.1, 0.15) is 59.4 Å². The molecular formula is C16H28N6O2. The maximum absolute atomic E-state index is 12.0. The molecule has 1 aliphatic heterocycles. The van der Waals surface area contributed by atoms with Gasteiger partial charge in [0.05, 0.1) is 5.69 Å². The SMILES string of the molecule is CCCNC(=O)Nc1cc(C(C)(C)C)nn1C1NC(=O)CC(C)N1. The summed E-state index contributed by atoms with van der Waals surface area (Å²) in [6.07, 6.45) is 0.792. The van der Waals surface area contributed by atoms with Gasteiger partial charge >= 0.3 is 6.03 Å². The Morgan fingerprint density at radius 1 is 1.46 bits per heavy atom. The predicted molar refractivity (Wildman–Crippen MR) is 92.6 cm³/mol. The van der Waals surface area contributed by atoms with Crippen LogP contribution in [-0.2, 0) is 10.2 Å². The first-order valence-electron chi connectivity index (χ1n) is 8.41. The second-order valence-electron chi connectivity index (χ2n) is 7.23. The fraction of sp³-hybridized carbons (Fsp3) is 0.688. The number of amides is 3. The number of hydrogen-bond acceptors (Lipinski definition) is 4. The van der Waals surface area contributed by atoms with Crippen molar-refractivity contribution in [3.05, 3.63) is 11.8 Å². The Labute approximate surface area is 142 Å². The third-order valence-corrected chi connectivity index (χ3v) is 3.76. The first-order valence-corrected chi connectivity index (χ1v) is 8.41. The van der Waals surface area contributed by atoms with Gasteiger partial charge in [-0.3, -0.25) is 15.4 Å². The molecule has 2 rings (SSSR count). The monoisotopic (exact) mass is 336 g/mol. The molecule has 0 saturated carbocycles. The minimum Gasteiger partial charge on any atom is -0.338 e. The van der Waals surface area contributed by atoms with E-state index in [2.05, 4.69) is 47.1 Å². The van der Waals surface area contributed by atoms with Gasteiger partial charge in [0.1, 0.15) is 5.82 Å². The molecule has 4 N–H and O–H groups in total. The first kappa shape index (κ1) is 18.3. The summed E-state index contributed by atoms with van der Waals surface area (Å²) in [7, 11) is 0. The van der Waals surface area contributed by atoms with E-state index >= 15 is 0 Å². The molecule has 1 fully saturated rings. The third kappa shape index (κ3) is 4.47. The Balaban J connectivity index is 2.28. The van der Waals surface area contributed by atoms with E-state index in [9.17, 15) is 9.59 Å². The van der Waals surface area contributed by atoms with Gasteiger partial charge in [-0.25, -0.2) is 9.48 Å². The second kappa shape index (κ2) is 7.21. The summed E-state index contributed by atoms with van der Waals surface area (Å²) >= 11 is 0. The summed E-state index contributed by atoms with van der Waals surface area (Å²) in [4.78, 5) is 23.9. The molecule has 3 amide bonds. The van der Waals surface area contributed by atoms with Crippen molar-refractivity contribution in [3.63, 3.8) is 0 Å². The van der Waals surface area contributed by atoms with Crippen LogP contribution in [0.3, 0.4) is 0 Å². The molecule has 8 nitrogen and oxygen atoms in total. The molecule has 24 heavy (non-hydrogen) atoms. The smallest absolute Gasteiger partial charge is 0.320 e. The van der Waals surface area contributed by atoms with Gasteiger partial charge in [0, 0.05) is 30.5 Å². The van der Waals surface area contributed by atoms with Gasteiger partial charge in [-0.15, -0.1) is 0 Å². The zero-order valence-corrected chi connectivity index (χ0v) is 15.1. The van der Waals surface area contributed by atoms with E-state index in [1.54, 1.807) is 4.68 Å². The quantitative estimate of drug-likeness (QED) is 0.672.